The second kappa shape index (κ2) is 10.4. The highest BCUT2D eigenvalue weighted by Crippen LogP contribution is 2.08. The fraction of sp³-hybridized carbons (Fsp3) is 0.857. The minimum absolute atomic E-state index is 0.247. The van der Waals surface area contributed by atoms with E-state index in [1.54, 1.807) is 7.05 Å². The van der Waals surface area contributed by atoms with Gasteiger partial charge in [0.05, 0.1) is 26.4 Å². The van der Waals surface area contributed by atoms with E-state index < -0.39 is 5.60 Å². The van der Waals surface area contributed by atoms with Gasteiger partial charge < -0.3 is 23.8 Å². The molecule has 7 nitrogen and oxygen atoms in total. The van der Waals surface area contributed by atoms with E-state index in [1.807, 2.05) is 20.8 Å². The van der Waals surface area contributed by atoms with Gasteiger partial charge in [0.2, 0.25) is 0 Å². The summed E-state index contributed by atoms with van der Waals surface area (Å²) in [4.78, 5) is 23.6. The highest BCUT2D eigenvalue weighted by Gasteiger charge is 2.19. The van der Waals surface area contributed by atoms with Gasteiger partial charge in [-0.3, -0.25) is 4.79 Å². The van der Waals surface area contributed by atoms with Crippen molar-refractivity contribution in [1.82, 2.24) is 4.90 Å². The summed E-state index contributed by atoms with van der Waals surface area (Å²) in [5, 5.41) is 0. The SMILES string of the molecule is CC(=O)OCCOCCOCCN(C)C(=O)OC(C)(C)C. The molecule has 0 spiro atoms. The van der Waals surface area contributed by atoms with Gasteiger partial charge in [0.1, 0.15) is 12.2 Å². The predicted molar refractivity (Wildman–Crippen MR) is 77.1 cm³/mol. The zero-order chi connectivity index (χ0) is 16.3. The van der Waals surface area contributed by atoms with Crippen molar-refractivity contribution in [2.24, 2.45) is 0 Å². The van der Waals surface area contributed by atoms with Gasteiger partial charge in [-0.05, 0) is 20.8 Å². The van der Waals surface area contributed by atoms with Crippen molar-refractivity contribution in [2.75, 3.05) is 46.6 Å². The Labute approximate surface area is 126 Å². The Kier molecular flexibility index (Phi) is 9.73. The number of hydrogen-bond donors (Lipinski definition) is 0. The summed E-state index contributed by atoms with van der Waals surface area (Å²) in [6.45, 7) is 9.10. The highest BCUT2D eigenvalue weighted by molar-refractivity contribution is 5.67. The fourth-order valence-corrected chi connectivity index (χ4v) is 1.20. The molecule has 0 aliphatic heterocycles. The number of carbonyl (C=O) groups is 2. The van der Waals surface area contributed by atoms with Crippen LogP contribution >= 0.6 is 0 Å². The lowest BCUT2D eigenvalue weighted by Crippen LogP contribution is -2.36. The van der Waals surface area contributed by atoms with E-state index in [4.69, 9.17) is 18.9 Å². The summed E-state index contributed by atoms with van der Waals surface area (Å²) in [7, 11) is 1.66. The Morgan fingerprint density at radius 1 is 0.952 bits per heavy atom. The zero-order valence-corrected chi connectivity index (χ0v) is 13.6. The standard InChI is InChI=1S/C14H27NO6/c1-12(16)20-11-10-19-9-8-18-7-6-15(5)13(17)21-14(2,3)4/h6-11H2,1-5H3. The molecule has 0 bridgehead atoms. The molecule has 7 heteroatoms. The van der Waals surface area contributed by atoms with Crippen molar-refractivity contribution in [2.45, 2.75) is 33.3 Å². The molecule has 0 aromatic carbocycles. The molecule has 21 heavy (non-hydrogen) atoms. The maximum atomic E-state index is 11.6. The van der Waals surface area contributed by atoms with Crippen LogP contribution in [-0.4, -0.2) is 69.2 Å². The van der Waals surface area contributed by atoms with Crippen LogP contribution in [0.15, 0.2) is 0 Å². The van der Waals surface area contributed by atoms with E-state index >= 15 is 0 Å². The number of likely N-dealkylation sites (N-methyl/N-ethyl adjacent to an activating group) is 1. The maximum Gasteiger partial charge on any atom is 0.410 e. The van der Waals surface area contributed by atoms with Crippen LogP contribution in [0.1, 0.15) is 27.7 Å². The van der Waals surface area contributed by atoms with Crippen LogP contribution in [0.4, 0.5) is 4.79 Å². The smallest absolute Gasteiger partial charge is 0.410 e. The van der Waals surface area contributed by atoms with E-state index in [0.29, 0.717) is 33.0 Å². The van der Waals surface area contributed by atoms with Crippen LogP contribution in [0.2, 0.25) is 0 Å². The van der Waals surface area contributed by atoms with Crippen LogP contribution in [-0.2, 0) is 23.7 Å². The molecule has 0 aromatic rings. The number of esters is 1. The van der Waals surface area contributed by atoms with E-state index in [1.165, 1.54) is 11.8 Å². The summed E-state index contributed by atoms with van der Waals surface area (Å²) < 4.78 is 20.4. The average Bonchev–Trinajstić information content (AvgIpc) is 2.34. The molecular weight excluding hydrogens is 278 g/mol. The number of ether oxygens (including phenoxy) is 4. The first kappa shape index (κ1) is 19.7. The van der Waals surface area contributed by atoms with Crippen LogP contribution in [0, 0.1) is 0 Å². The third-order valence-electron chi connectivity index (χ3n) is 2.18. The van der Waals surface area contributed by atoms with E-state index in [9.17, 15) is 9.59 Å². The quantitative estimate of drug-likeness (QED) is 0.474. The Balaban J connectivity index is 3.46. The predicted octanol–water partition coefficient (Wildman–Crippen LogP) is 1.45. The molecule has 124 valence electrons. The molecule has 0 radical (unpaired) electrons. The highest BCUT2D eigenvalue weighted by atomic mass is 16.6. The lowest BCUT2D eigenvalue weighted by atomic mass is 10.2. The lowest BCUT2D eigenvalue weighted by Gasteiger charge is -2.24. The second-order valence-electron chi connectivity index (χ2n) is 5.47. The summed E-state index contributed by atoms with van der Waals surface area (Å²) in [5.41, 5.74) is -0.498. The number of rotatable bonds is 9. The molecule has 0 rings (SSSR count). The Bertz CT molecular complexity index is 313. The van der Waals surface area contributed by atoms with Gasteiger partial charge in [0.25, 0.3) is 0 Å². The molecule has 0 N–H and O–H groups in total. The third kappa shape index (κ3) is 13.4. The van der Waals surface area contributed by atoms with Gasteiger partial charge in [-0.1, -0.05) is 0 Å². The molecular formula is C14H27NO6. The zero-order valence-electron chi connectivity index (χ0n) is 13.6. The summed E-state index contributed by atoms with van der Waals surface area (Å²) in [6, 6.07) is 0. The molecule has 0 saturated heterocycles. The summed E-state index contributed by atoms with van der Waals surface area (Å²) >= 11 is 0. The molecule has 0 aliphatic rings. The largest absolute Gasteiger partial charge is 0.463 e. The lowest BCUT2D eigenvalue weighted by molar-refractivity contribution is -0.142. The topological polar surface area (TPSA) is 74.3 Å². The summed E-state index contributed by atoms with van der Waals surface area (Å²) in [6.07, 6.45) is -0.372. The van der Waals surface area contributed by atoms with Crippen molar-refractivity contribution in [1.29, 1.82) is 0 Å². The number of carbonyl (C=O) groups excluding carboxylic acids is 2. The van der Waals surface area contributed by atoms with Crippen molar-refractivity contribution >= 4 is 12.1 Å². The monoisotopic (exact) mass is 305 g/mol. The number of hydrogen-bond acceptors (Lipinski definition) is 6. The van der Waals surface area contributed by atoms with Gasteiger partial charge in [0, 0.05) is 20.5 Å². The number of amides is 1. The molecule has 0 unspecified atom stereocenters. The van der Waals surface area contributed by atoms with Crippen molar-refractivity contribution in [3.8, 4) is 0 Å². The third-order valence-corrected chi connectivity index (χ3v) is 2.18. The fourth-order valence-electron chi connectivity index (χ4n) is 1.20. The maximum absolute atomic E-state index is 11.6. The van der Waals surface area contributed by atoms with Crippen LogP contribution in [0.5, 0.6) is 0 Å². The normalized spacial score (nSPS) is 11.1. The first-order chi connectivity index (χ1) is 9.72. The second-order valence-corrected chi connectivity index (χ2v) is 5.47. The van der Waals surface area contributed by atoms with Gasteiger partial charge in [0.15, 0.2) is 0 Å². The molecule has 0 aromatic heterocycles. The Morgan fingerprint density at radius 2 is 1.48 bits per heavy atom. The molecule has 0 fully saturated rings. The average molecular weight is 305 g/mol. The van der Waals surface area contributed by atoms with E-state index in [0.717, 1.165) is 0 Å². The first-order valence-corrected chi connectivity index (χ1v) is 6.95. The van der Waals surface area contributed by atoms with Gasteiger partial charge in [-0.25, -0.2) is 4.79 Å². The van der Waals surface area contributed by atoms with Crippen LogP contribution in [0.3, 0.4) is 0 Å². The van der Waals surface area contributed by atoms with Gasteiger partial charge in [-0.15, -0.1) is 0 Å². The molecule has 0 saturated carbocycles. The van der Waals surface area contributed by atoms with Crippen molar-refractivity contribution in [3.05, 3.63) is 0 Å². The van der Waals surface area contributed by atoms with Crippen LogP contribution in [0.25, 0.3) is 0 Å². The van der Waals surface area contributed by atoms with Gasteiger partial charge >= 0.3 is 12.1 Å². The van der Waals surface area contributed by atoms with E-state index in [2.05, 4.69) is 0 Å². The minimum Gasteiger partial charge on any atom is -0.463 e. The van der Waals surface area contributed by atoms with E-state index in [-0.39, 0.29) is 18.7 Å². The molecule has 0 heterocycles. The molecule has 0 atom stereocenters. The van der Waals surface area contributed by atoms with Crippen molar-refractivity contribution in [3.63, 3.8) is 0 Å². The minimum atomic E-state index is -0.498. The first-order valence-electron chi connectivity index (χ1n) is 6.95. The summed E-state index contributed by atoms with van der Waals surface area (Å²) in [5.74, 6) is -0.319. The Morgan fingerprint density at radius 3 is 2.00 bits per heavy atom. The van der Waals surface area contributed by atoms with Crippen LogP contribution < -0.4 is 0 Å². The van der Waals surface area contributed by atoms with Crippen molar-refractivity contribution < 1.29 is 28.5 Å². The molecule has 1 amide bonds. The molecule has 0 aliphatic carbocycles. The Hall–Kier alpha value is -1.34. The van der Waals surface area contributed by atoms with Gasteiger partial charge in [-0.2, -0.15) is 0 Å². The number of nitrogens with zero attached hydrogens (tertiary/aromatic N) is 1.